The van der Waals surface area contributed by atoms with Crippen LogP contribution in [-0.2, 0) is 6.61 Å². The van der Waals surface area contributed by atoms with Crippen LogP contribution in [0.2, 0.25) is 0 Å². The molecule has 1 amide bonds. The van der Waals surface area contributed by atoms with Gasteiger partial charge >= 0.3 is 0 Å². The third-order valence-corrected chi connectivity index (χ3v) is 4.69. The molecule has 0 unspecified atom stereocenters. The number of hydrogen-bond donors (Lipinski definition) is 1. The molecule has 0 aliphatic heterocycles. The van der Waals surface area contributed by atoms with E-state index in [1.54, 1.807) is 43.3 Å². The second kappa shape index (κ2) is 9.17. The Balaban J connectivity index is 1.40. The third kappa shape index (κ3) is 5.11. The lowest BCUT2D eigenvalue weighted by Gasteiger charge is -2.10. The van der Waals surface area contributed by atoms with Gasteiger partial charge in [-0.25, -0.2) is 14.4 Å². The summed E-state index contributed by atoms with van der Waals surface area (Å²) in [6.45, 7) is 2.22. The molecule has 6 heteroatoms. The zero-order valence-corrected chi connectivity index (χ0v) is 16.9. The summed E-state index contributed by atoms with van der Waals surface area (Å²) in [5.74, 6) is 0.521. The van der Waals surface area contributed by atoms with E-state index in [-0.39, 0.29) is 11.7 Å². The number of aromatic nitrogens is 2. The predicted octanol–water partition coefficient (Wildman–Crippen LogP) is 5.42. The predicted molar refractivity (Wildman–Crippen MR) is 117 cm³/mol. The summed E-state index contributed by atoms with van der Waals surface area (Å²) in [7, 11) is 0. The van der Waals surface area contributed by atoms with E-state index in [1.807, 2.05) is 30.3 Å². The number of ether oxygens (including phenoxy) is 1. The van der Waals surface area contributed by atoms with Gasteiger partial charge in [0.25, 0.3) is 5.91 Å². The molecule has 0 saturated carbocycles. The van der Waals surface area contributed by atoms with Crippen LogP contribution in [0.5, 0.6) is 5.75 Å². The Kier molecular flexibility index (Phi) is 5.98. The van der Waals surface area contributed by atoms with Crippen LogP contribution < -0.4 is 10.1 Å². The van der Waals surface area contributed by atoms with Crippen molar-refractivity contribution in [2.45, 2.75) is 13.5 Å². The standard InChI is InChI=1S/C25H20FN3O2/c1-17-23(15-27-24(28-17)19-7-9-20(26)10-8-19)25(30)29-21-11-13-22(14-12-21)31-16-18-5-3-2-4-6-18/h2-15H,16H2,1H3,(H,29,30). The molecule has 1 N–H and O–H groups in total. The van der Waals surface area contributed by atoms with Gasteiger partial charge in [0, 0.05) is 17.4 Å². The number of benzene rings is 3. The lowest BCUT2D eigenvalue weighted by molar-refractivity contribution is 0.102. The average Bonchev–Trinajstić information content (AvgIpc) is 2.79. The quantitative estimate of drug-likeness (QED) is 0.458. The number of carbonyl (C=O) groups is 1. The van der Waals surface area contributed by atoms with E-state index in [9.17, 15) is 9.18 Å². The number of aryl methyl sites for hydroxylation is 1. The first-order valence-corrected chi connectivity index (χ1v) is 9.76. The first kappa shape index (κ1) is 20.2. The van der Waals surface area contributed by atoms with Gasteiger partial charge in [0.2, 0.25) is 0 Å². The van der Waals surface area contributed by atoms with Gasteiger partial charge < -0.3 is 10.1 Å². The minimum Gasteiger partial charge on any atom is -0.489 e. The van der Waals surface area contributed by atoms with Crippen molar-refractivity contribution < 1.29 is 13.9 Å². The molecule has 0 radical (unpaired) electrons. The zero-order chi connectivity index (χ0) is 21.6. The number of amides is 1. The topological polar surface area (TPSA) is 64.1 Å². The number of carbonyl (C=O) groups excluding carboxylic acids is 1. The van der Waals surface area contributed by atoms with Crippen LogP contribution >= 0.6 is 0 Å². The van der Waals surface area contributed by atoms with Crippen LogP contribution in [0.3, 0.4) is 0 Å². The van der Waals surface area contributed by atoms with Crippen molar-refractivity contribution in [3.8, 4) is 17.1 Å². The molecule has 0 saturated heterocycles. The highest BCUT2D eigenvalue weighted by atomic mass is 19.1. The minimum absolute atomic E-state index is 0.305. The molecule has 0 fully saturated rings. The van der Waals surface area contributed by atoms with E-state index in [0.717, 1.165) is 5.56 Å². The second-order valence-corrected chi connectivity index (χ2v) is 6.95. The van der Waals surface area contributed by atoms with Gasteiger partial charge in [0.1, 0.15) is 18.2 Å². The summed E-state index contributed by atoms with van der Waals surface area (Å²) in [4.78, 5) is 21.3. The molecule has 5 nitrogen and oxygen atoms in total. The van der Waals surface area contributed by atoms with Crippen LogP contribution in [0, 0.1) is 12.7 Å². The number of nitrogens with one attached hydrogen (secondary N) is 1. The second-order valence-electron chi connectivity index (χ2n) is 6.95. The molecule has 1 aromatic heterocycles. The number of hydrogen-bond acceptors (Lipinski definition) is 4. The molecular weight excluding hydrogens is 393 g/mol. The van der Waals surface area contributed by atoms with E-state index in [1.165, 1.54) is 18.3 Å². The molecule has 0 spiro atoms. The van der Waals surface area contributed by atoms with E-state index in [4.69, 9.17) is 4.74 Å². The van der Waals surface area contributed by atoms with Crippen molar-refractivity contribution in [2.24, 2.45) is 0 Å². The summed E-state index contributed by atoms with van der Waals surface area (Å²) in [5.41, 5.74) is 3.31. The van der Waals surface area contributed by atoms with Crippen LogP contribution in [0.15, 0.2) is 85.1 Å². The summed E-state index contributed by atoms with van der Waals surface area (Å²) >= 11 is 0. The van der Waals surface area contributed by atoms with Gasteiger partial charge in [-0.05, 0) is 61.0 Å². The summed E-state index contributed by atoms with van der Waals surface area (Å²) in [5, 5.41) is 2.84. The monoisotopic (exact) mass is 413 g/mol. The summed E-state index contributed by atoms with van der Waals surface area (Å²) in [6, 6.07) is 23.0. The first-order valence-electron chi connectivity index (χ1n) is 9.76. The van der Waals surface area contributed by atoms with E-state index in [2.05, 4.69) is 15.3 Å². The lowest BCUT2D eigenvalue weighted by atomic mass is 10.1. The Bertz CT molecular complexity index is 1180. The van der Waals surface area contributed by atoms with Crippen molar-refractivity contribution in [1.29, 1.82) is 0 Å². The van der Waals surface area contributed by atoms with Crippen molar-refractivity contribution in [3.63, 3.8) is 0 Å². The van der Waals surface area contributed by atoms with Crippen molar-refractivity contribution in [1.82, 2.24) is 9.97 Å². The summed E-state index contributed by atoms with van der Waals surface area (Å²) in [6.07, 6.45) is 1.48. The zero-order valence-electron chi connectivity index (χ0n) is 16.9. The van der Waals surface area contributed by atoms with Crippen LogP contribution in [0.1, 0.15) is 21.6 Å². The van der Waals surface area contributed by atoms with Crippen molar-refractivity contribution >= 4 is 11.6 Å². The van der Waals surface area contributed by atoms with Gasteiger partial charge in [-0.1, -0.05) is 30.3 Å². The Morgan fingerprint density at radius 1 is 0.968 bits per heavy atom. The van der Waals surface area contributed by atoms with E-state index >= 15 is 0 Å². The smallest absolute Gasteiger partial charge is 0.259 e. The maximum absolute atomic E-state index is 13.1. The van der Waals surface area contributed by atoms with Crippen LogP contribution in [-0.4, -0.2) is 15.9 Å². The highest BCUT2D eigenvalue weighted by molar-refractivity contribution is 6.04. The molecule has 0 aliphatic carbocycles. The highest BCUT2D eigenvalue weighted by Gasteiger charge is 2.13. The SMILES string of the molecule is Cc1nc(-c2ccc(F)cc2)ncc1C(=O)Nc1ccc(OCc2ccccc2)cc1. The van der Waals surface area contributed by atoms with Crippen LogP contribution in [0.25, 0.3) is 11.4 Å². The van der Waals surface area contributed by atoms with Gasteiger partial charge in [0.15, 0.2) is 5.82 Å². The van der Waals surface area contributed by atoms with E-state index < -0.39 is 0 Å². The normalized spacial score (nSPS) is 10.5. The first-order chi connectivity index (χ1) is 15.1. The van der Waals surface area contributed by atoms with Gasteiger partial charge in [-0.3, -0.25) is 4.79 Å². The average molecular weight is 413 g/mol. The Morgan fingerprint density at radius 3 is 2.35 bits per heavy atom. The molecule has 31 heavy (non-hydrogen) atoms. The van der Waals surface area contributed by atoms with Gasteiger partial charge in [0.05, 0.1) is 11.3 Å². The number of rotatable bonds is 6. The molecule has 154 valence electrons. The number of anilines is 1. The van der Waals surface area contributed by atoms with Crippen molar-refractivity contribution in [3.05, 3.63) is 108 Å². The van der Waals surface area contributed by atoms with Gasteiger partial charge in [-0.15, -0.1) is 0 Å². The van der Waals surface area contributed by atoms with Gasteiger partial charge in [-0.2, -0.15) is 0 Å². The maximum Gasteiger partial charge on any atom is 0.259 e. The Hall–Kier alpha value is -4.06. The molecule has 4 rings (SSSR count). The number of nitrogens with zero attached hydrogens (tertiary/aromatic N) is 2. The fraction of sp³-hybridized carbons (Fsp3) is 0.0800. The molecule has 1 heterocycles. The Morgan fingerprint density at radius 2 is 1.68 bits per heavy atom. The molecule has 0 aliphatic rings. The fourth-order valence-electron chi connectivity index (χ4n) is 3.00. The molecular formula is C25H20FN3O2. The largest absolute Gasteiger partial charge is 0.489 e. The molecule has 4 aromatic rings. The summed E-state index contributed by atoms with van der Waals surface area (Å²) < 4.78 is 18.9. The highest BCUT2D eigenvalue weighted by Crippen LogP contribution is 2.20. The van der Waals surface area contributed by atoms with E-state index in [0.29, 0.717) is 40.7 Å². The minimum atomic E-state index is -0.326. The van der Waals surface area contributed by atoms with Crippen LogP contribution in [0.4, 0.5) is 10.1 Å². The lowest BCUT2D eigenvalue weighted by Crippen LogP contribution is -2.15. The maximum atomic E-state index is 13.1. The Labute approximate surface area is 179 Å². The fourth-order valence-corrected chi connectivity index (χ4v) is 3.00. The molecule has 0 atom stereocenters. The number of halogens is 1. The van der Waals surface area contributed by atoms with Crippen molar-refractivity contribution in [2.75, 3.05) is 5.32 Å². The molecule has 3 aromatic carbocycles. The molecule has 0 bridgehead atoms. The third-order valence-electron chi connectivity index (χ3n) is 4.69.